The predicted octanol–water partition coefficient (Wildman–Crippen LogP) is 2.49. The van der Waals surface area contributed by atoms with Crippen molar-refractivity contribution in [3.63, 3.8) is 0 Å². The van der Waals surface area contributed by atoms with Gasteiger partial charge in [0.15, 0.2) is 0 Å². The first-order valence-corrected chi connectivity index (χ1v) is 7.91. The quantitative estimate of drug-likeness (QED) is 0.612. The normalized spacial score (nSPS) is 19.0. The zero-order chi connectivity index (χ0) is 15.1. The van der Waals surface area contributed by atoms with E-state index in [4.69, 9.17) is 0 Å². The lowest BCUT2D eigenvalue weighted by molar-refractivity contribution is -0.136. The van der Waals surface area contributed by atoms with Crippen molar-refractivity contribution in [1.82, 2.24) is 10.6 Å². The minimum absolute atomic E-state index is 0.0850. The third kappa shape index (κ3) is 5.44. The number of halogens is 1. The highest BCUT2D eigenvalue weighted by atomic mass is 79.9. The van der Waals surface area contributed by atoms with Crippen molar-refractivity contribution in [3.8, 4) is 0 Å². The van der Waals surface area contributed by atoms with Crippen molar-refractivity contribution >= 4 is 33.8 Å². The van der Waals surface area contributed by atoms with Crippen LogP contribution in [-0.2, 0) is 9.59 Å². The van der Waals surface area contributed by atoms with Crippen LogP contribution in [0.25, 0.3) is 6.08 Å². The third-order valence-corrected chi connectivity index (χ3v) is 3.94. The molecule has 1 aromatic rings. The van der Waals surface area contributed by atoms with E-state index in [2.05, 4.69) is 50.8 Å². The number of imide groups is 1. The zero-order valence-corrected chi connectivity index (χ0v) is 13.4. The smallest absolute Gasteiger partial charge is 0.230 e. The lowest BCUT2D eigenvalue weighted by Crippen LogP contribution is -2.44. The van der Waals surface area contributed by atoms with E-state index in [9.17, 15) is 9.59 Å². The maximum atomic E-state index is 11.5. The highest BCUT2D eigenvalue weighted by Gasteiger charge is 2.25. The number of rotatable bonds is 6. The molecule has 1 aliphatic rings. The molecule has 0 spiro atoms. The molecule has 2 rings (SSSR count). The van der Waals surface area contributed by atoms with E-state index in [-0.39, 0.29) is 17.7 Å². The minimum Gasteiger partial charge on any atom is -0.316 e. The maximum absolute atomic E-state index is 11.5. The summed E-state index contributed by atoms with van der Waals surface area (Å²) in [6.45, 7) is 1.45. The Labute approximate surface area is 133 Å². The average Bonchev–Trinajstić information content (AvgIpc) is 2.46. The molecule has 0 radical (unpaired) electrons. The van der Waals surface area contributed by atoms with Crippen LogP contribution < -0.4 is 10.6 Å². The van der Waals surface area contributed by atoms with Crippen LogP contribution in [0.1, 0.15) is 24.8 Å². The molecule has 1 atom stereocenters. The fourth-order valence-electron chi connectivity index (χ4n) is 2.19. The van der Waals surface area contributed by atoms with Gasteiger partial charge < -0.3 is 5.32 Å². The summed E-state index contributed by atoms with van der Waals surface area (Å²) in [5.74, 6) is -0.393. The number of piperidine rings is 1. The van der Waals surface area contributed by atoms with E-state index in [1.165, 1.54) is 5.56 Å². The van der Waals surface area contributed by atoms with Gasteiger partial charge in [0, 0.05) is 17.4 Å². The molecule has 1 fully saturated rings. The SMILES string of the molecule is O=C1CCC(CNCC/C=C/c2ccc(Br)cc2)C(=O)N1. The molecule has 1 heterocycles. The van der Waals surface area contributed by atoms with Gasteiger partial charge in [-0.05, 0) is 37.1 Å². The molecule has 112 valence electrons. The number of hydrogen-bond acceptors (Lipinski definition) is 3. The van der Waals surface area contributed by atoms with Crippen LogP contribution in [-0.4, -0.2) is 24.9 Å². The average molecular weight is 351 g/mol. The standard InChI is InChI=1S/C16H19BrN2O2/c17-14-7-4-12(5-8-14)3-1-2-10-18-11-13-6-9-15(20)19-16(13)21/h1,3-5,7-8,13,18H,2,6,9-11H2,(H,19,20,21)/b3-1+. The number of carbonyl (C=O) groups is 2. The number of amides is 2. The molecule has 1 aromatic carbocycles. The van der Waals surface area contributed by atoms with Crippen molar-refractivity contribution in [2.24, 2.45) is 5.92 Å². The van der Waals surface area contributed by atoms with Gasteiger partial charge in [0.25, 0.3) is 0 Å². The summed E-state index contributed by atoms with van der Waals surface area (Å²) in [4.78, 5) is 22.6. The van der Waals surface area contributed by atoms with Crippen LogP contribution >= 0.6 is 15.9 Å². The summed E-state index contributed by atoms with van der Waals surface area (Å²) in [6.07, 6.45) is 6.19. The molecule has 1 unspecified atom stereocenters. The molecule has 0 bridgehead atoms. The van der Waals surface area contributed by atoms with Gasteiger partial charge in [0.2, 0.25) is 11.8 Å². The van der Waals surface area contributed by atoms with E-state index in [1.807, 2.05) is 12.1 Å². The van der Waals surface area contributed by atoms with E-state index in [1.54, 1.807) is 0 Å². The van der Waals surface area contributed by atoms with Gasteiger partial charge in [-0.2, -0.15) is 0 Å². The van der Waals surface area contributed by atoms with Gasteiger partial charge in [-0.3, -0.25) is 14.9 Å². The molecule has 4 nitrogen and oxygen atoms in total. The fourth-order valence-corrected chi connectivity index (χ4v) is 2.45. The summed E-state index contributed by atoms with van der Waals surface area (Å²) in [5.41, 5.74) is 1.17. The number of hydrogen-bond donors (Lipinski definition) is 2. The molecule has 0 aromatic heterocycles. The van der Waals surface area contributed by atoms with E-state index >= 15 is 0 Å². The maximum Gasteiger partial charge on any atom is 0.230 e. The van der Waals surface area contributed by atoms with E-state index < -0.39 is 0 Å². The first-order chi connectivity index (χ1) is 10.1. The van der Waals surface area contributed by atoms with Gasteiger partial charge in [-0.1, -0.05) is 40.2 Å². The Morgan fingerprint density at radius 3 is 2.76 bits per heavy atom. The Bertz CT molecular complexity index is 526. The van der Waals surface area contributed by atoms with Crippen LogP contribution in [0.3, 0.4) is 0 Å². The predicted molar refractivity (Wildman–Crippen MR) is 86.5 cm³/mol. The second kappa shape index (κ2) is 8.10. The highest BCUT2D eigenvalue weighted by Crippen LogP contribution is 2.12. The number of carbonyl (C=O) groups excluding carboxylic acids is 2. The Morgan fingerprint density at radius 1 is 1.29 bits per heavy atom. The molecular weight excluding hydrogens is 332 g/mol. The lowest BCUT2D eigenvalue weighted by atomic mass is 9.98. The van der Waals surface area contributed by atoms with Crippen molar-refractivity contribution in [2.45, 2.75) is 19.3 Å². The van der Waals surface area contributed by atoms with E-state index in [0.29, 0.717) is 19.4 Å². The summed E-state index contributed by atoms with van der Waals surface area (Å²) in [6, 6.07) is 8.14. The highest BCUT2D eigenvalue weighted by molar-refractivity contribution is 9.10. The molecule has 5 heteroatoms. The third-order valence-electron chi connectivity index (χ3n) is 3.41. The molecular formula is C16H19BrN2O2. The number of benzene rings is 1. The van der Waals surface area contributed by atoms with Crippen molar-refractivity contribution in [1.29, 1.82) is 0 Å². The molecule has 21 heavy (non-hydrogen) atoms. The molecule has 1 aliphatic heterocycles. The first-order valence-electron chi connectivity index (χ1n) is 7.11. The van der Waals surface area contributed by atoms with Gasteiger partial charge in [0.05, 0.1) is 5.92 Å². The molecule has 0 aliphatic carbocycles. The molecule has 2 amide bonds. The van der Waals surface area contributed by atoms with Gasteiger partial charge >= 0.3 is 0 Å². The van der Waals surface area contributed by atoms with Crippen molar-refractivity contribution in [2.75, 3.05) is 13.1 Å². The van der Waals surface area contributed by atoms with Crippen molar-refractivity contribution < 1.29 is 9.59 Å². The van der Waals surface area contributed by atoms with Crippen LogP contribution in [0.5, 0.6) is 0 Å². The second-order valence-electron chi connectivity index (χ2n) is 5.09. The summed E-state index contributed by atoms with van der Waals surface area (Å²) < 4.78 is 1.07. The Morgan fingerprint density at radius 2 is 2.05 bits per heavy atom. The van der Waals surface area contributed by atoms with Crippen LogP contribution in [0, 0.1) is 5.92 Å². The van der Waals surface area contributed by atoms with Crippen LogP contribution in [0.4, 0.5) is 0 Å². The zero-order valence-electron chi connectivity index (χ0n) is 11.8. The fraction of sp³-hybridized carbons (Fsp3) is 0.375. The molecule has 1 saturated heterocycles. The molecule has 0 saturated carbocycles. The summed E-state index contributed by atoms with van der Waals surface area (Å²) >= 11 is 3.41. The Hall–Kier alpha value is -1.46. The van der Waals surface area contributed by atoms with E-state index in [0.717, 1.165) is 17.4 Å². The Kier molecular flexibility index (Phi) is 6.14. The second-order valence-corrected chi connectivity index (χ2v) is 6.01. The summed E-state index contributed by atoms with van der Waals surface area (Å²) in [5, 5.41) is 5.64. The topological polar surface area (TPSA) is 58.2 Å². The van der Waals surface area contributed by atoms with Crippen molar-refractivity contribution in [3.05, 3.63) is 40.4 Å². The summed E-state index contributed by atoms with van der Waals surface area (Å²) in [7, 11) is 0. The van der Waals surface area contributed by atoms with Crippen LogP contribution in [0.15, 0.2) is 34.8 Å². The monoisotopic (exact) mass is 350 g/mol. The van der Waals surface area contributed by atoms with Gasteiger partial charge in [-0.25, -0.2) is 0 Å². The minimum atomic E-state index is -0.159. The molecule has 2 N–H and O–H groups in total. The van der Waals surface area contributed by atoms with Gasteiger partial charge in [-0.15, -0.1) is 0 Å². The van der Waals surface area contributed by atoms with Gasteiger partial charge in [0.1, 0.15) is 0 Å². The number of nitrogens with one attached hydrogen (secondary N) is 2. The largest absolute Gasteiger partial charge is 0.316 e. The first kappa shape index (κ1) is 15.9. The van der Waals surface area contributed by atoms with Crippen LogP contribution in [0.2, 0.25) is 0 Å². The lowest BCUT2D eigenvalue weighted by Gasteiger charge is -2.20. The Balaban J connectivity index is 1.62.